The average Bonchev–Trinajstić information content (AvgIpc) is 3.30. The van der Waals surface area contributed by atoms with E-state index in [2.05, 4.69) is 10.1 Å². The lowest BCUT2D eigenvalue weighted by molar-refractivity contribution is 0.0965. The van der Waals surface area contributed by atoms with Gasteiger partial charge in [0.15, 0.2) is 11.4 Å². The zero-order valence-corrected chi connectivity index (χ0v) is 15.7. The van der Waals surface area contributed by atoms with Crippen LogP contribution in [0.3, 0.4) is 0 Å². The van der Waals surface area contributed by atoms with Crippen molar-refractivity contribution in [1.29, 1.82) is 0 Å². The van der Waals surface area contributed by atoms with E-state index in [1.165, 1.54) is 9.56 Å². The average molecular weight is 396 g/mol. The Labute approximate surface area is 163 Å². The minimum absolute atomic E-state index is 0.0407. The maximum Gasteiger partial charge on any atom is 0.281 e. The van der Waals surface area contributed by atoms with Gasteiger partial charge in [-0.2, -0.15) is 0 Å². The number of hydrogen-bond donors (Lipinski definition) is 1. The maximum absolute atomic E-state index is 13.2. The van der Waals surface area contributed by atoms with E-state index in [4.69, 9.17) is 11.6 Å². The zero-order chi connectivity index (χ0) is 18.5. The lowest BCUT2D eigenvalue weighted by Gasteiger charge is -2.22. The molecule has 0 saturated carbocycles. The first-order valence-corrected chi connectivity index (χ1v) is 9.82. The number of benzene rings is 1. The zero-order valence-electron chi connectivity index (χ0n) is 14.1. The molecule has 5 rings (SSSR count). The Hall–Kier alpha value is -2.70. The van der Waals surface area contributed by atoms with Crippen LogP contribution in [0.15, 0.2) is 52.8 Å². The molecule has 0 spiro atoms. The Balaban J connectivity index is 1.71. The Kier molecular flexibility index (Phi) is 3.77. The van der Waals surface area contributed by atoms with Gasteiger partial charge in [-0.25, -0.2) is 9.67 Å². The minimum Gasteiger partial charge on any atom is -0.294 e. The van der Waals surface area contributed by atoms with Gasteiger partial charge in [0, 0.05) is 34.0 Å². The van der Waals surface area contributed by atoms with Gasteiger partial charge >= 0.3 is 0 Å². The number of carbonyl (C=O) groups is 1. The number of fused-ring (bicyclic) bond motifs is 3. The number of nitrogens with zero attached hydrogens (tertiary/aromatic N) is 2. The van der Waals surface area contributed by atoms with Crippen molar-refractivity contribution >= 4 is 39.8 Å². The normalized spacial score (nSPS) is 16.6. The number of rotatable bonds is 2. The molecule has 0 fully saturated rings. The molecule has 1 aliphatic rings. The predicted octanol–water partition coefficient (Wildman–Crippen LogP) is 4.34. The molecule has 0 aliphatic heterocycles. The van der Waals surface area contributed by atoms with Crippen LogP contribution in [-0.2, 0) is 6.42 Å². The van der Waals surface area contributed by atoms with Gasteiger partial charge in [-0.1, -0.05) is 23.7 Å². The molecule has 0 unspecified atom stereocenters. The Morgan fingerprint density at radius 2 is 2.07 bits per heavy atom. The summed E-state index contributed by atoms with van der Waals surface area (Å²) in [7, 11) is 0. The fourth-order valence-electron chi connectivity index (χ4n) is 3.76. The van der Waals surface area contributed by atoms with Crippen molar-refractivity contribution < 1.29 is 4.79 Å². The van der Waals surface area contributed by atoms with Crippen LogP contribution in [0.5, 0.6) is 0 Å². The van der Waals surface area contributed by atoms with E-state index in [9.17, 15) is 9.59 Å². The molecule has 3 aromatic heterocycles. The van der Waals surface area contributed by atoms with Gasteiger partial charge < -0.3 is 0 Å². The molecule has 7 heteroatoms. The van der Waals surface area contributed by atoms with E-state index in [0.717, 1.165) is 5.56 Å². The monoisotopic (exact) mass is 395 g/mol. The quantitative estimate of drug-likeness (QED) is 0.549. The van der Waals surface area contributed by atoms with Gasteiger partial charge in [0.2, 0.25) is 0 Å². The molecule has 0 bridgehead atoms. The van der Waals surface area contributed by atoms with Crippen LogP contribution in [0.2, 0.25) is 5.02 Å². The fraction of sp³-hybridized carbons (Fsp3) is 0.150. The fourth-order valence-corrected chi connectivity index (χ4v) is 4.77. The van der Waals surface area contributed by atoms with Crippen molar-refractivity contribution in [2.45, 2.75) is 18.8 Å². The second kappa shape index (κ2) is 6.18. The lowest BCUT2D eigenvalue weighted by Crippen LogP contribution is -2.21. The summed E-state index contributed by atoms with van der Waals surface area (Å²) in [5.74, 6) is 0.142. The van der Waals surface area contributed by atoms with Crippen molar-refractivity contribution in [3.63, 3.8) is 0 Å². The molecular weight excluding hydrogens is 382 g/mol. The van der Waals surface area contributed by atoms with Crippen LogP contribution < -0.4 is 5.56 Å². The third kappa shape index (κ3) is 2.64. The Morgan fingerprint density at radius 1 is 1.19 bits per heavy atom. The number of H-pyrrole nitrogens is 1. The van der Waals surface area contributed by atoms with Crippen molar-refractivity contribution in [1.82, 2.24) is 14.8 Å². The molecule has 3 heterocycles. The largest absolute Gasteiger partial charge is 0.294 e. The van der Waals surface area contributed by atoms with Crippen molar-refractivity contribution in [3.8, 4) is 5.69 Å². The van der Waals surface area contributed by atoms with E-state index in [1.54, 1.807) is 41.8 Å². The molecule has 4 aromatic rings. The summed E-state index contributed by atoms with van der Waals surface area (Å²) in [6.45, 7) is 0. The smallest absolute Gasteiger partial charge is 0.281 e. The molecule has 27 heavy (non-hydrogen) atoms. The van der Waals surface area contributed by atoms with Crippen molar-refractivity contribution in [2.24, 2.45) is 0 Å². The first-order valence-electron chi connectivity index (χ1n) is 8.57. The molecule has 1 atom stereocenters. The number of halogens is 1. The van der Waals surface area contributed by atoms with Gasteiger partial charge in [-0.15, -0.1) is 11.3 Å². The first kappa shape index (κ1) is 16.5. The molecule has 0 radical (unpaired) electrons. The van der Waals surface area contributed by atoms with E-state index in [0.29, 0.717) is 40.1 Å². The summed E-state index contributed by atoms with van der Waals surface area (Å²) in [5, 5.41) is 6.09. The van der Waals surface area contributed by atoms with Crippen LogP contribution in [0.25, 0.3) is 16.7 Å². The van der Waals surface area contributed by atoms with E-state index >= 15 is 0 Å². The number of aromatic nitrogens is 3. The topological polar surface area (TPSA) is 67.8 Å². The third-order valence-electron chi connectivity index (χ3n) is 5.02. The molecule has 1 N–H and O–H groups in total. The van der Waals surface area contributed by atoms with Gasteiger partial charge in [0.05, 0.1) is 11.1 Å². The number of ketones is 1. The van der Waals surface area contributed by atoms with Crippen LogP contribution in [0.4, 0.5) is 0 Å². The number of aromatic amines is 1. The van der Waals surface area contributed by atoms with E-state index in [1.807, 2.05) is 17.5 Å². The summed E-state index contributed by atoms with van der Waals surface area (Å²) < 4.78 is 1.43. The Bertz CT molecular complexity index is 1240. The molecule has 0 saturated heterocycles. The van der Waals surface area contributed by atoms with Gasteiger partial charge in [-0.3, -0.25) is 14.7 Å². The standard InChI is InChI=1S/C20H14ClN3O2S/c21-12-3-1-4-13(9-12)24-20(26)18-14-7-11(17-5-2-6-27-17)8-16(25)15(14)10-22-19(18)23-24/h1-6,9-11H,7-8H2,(H,22,23)/t11-/m0/s1. The number of hydrogen-bond acceptors (Lipinski definition) is 4. The lowest BCUT2D eigenvalue weighted by atomic mass is 9.82. The van der Waals surface area contributed by atoms with Crippen LogP contribution in [0.1, 0.15) is 33.1 Å². The van der Waals surface area contributed by atoms with E-state index < -0.39 is 0 Å². The molecule has 5 nitrogen and oxygen atoms in total. The summed E-state index contributed by atoms with van der Waals surface area (Å²) in [4.78, 5) is 31.4. The SMILES string of the molecule is O=C1C[C@@H](c2cccs2)Cc2c1cnc1[nH]n(-c3cccc(Cl)c3)c(=O)c21. The highest BCUT2D eigenvalue weighted by Gasteiger charge is 2.30. The highest BCUT2D eigenvalue weighted by atomic mass is 35.5. The van der Waals surface area contributed by atoms with Gasteiger partial charge in [0.1, 0.15) is 0 Å². The number of nitrogens with one attached hydrogen (secondary N) is 1. The predicted molar refractivity (Wildman–Crippen MR) is 106 cm³/mol. The second-order valence-electron chi connectivity index (χ2n) is 6.65. The highest BCUT2D eigenvalue weighted by molar-refractivity contribution is 7.10. The minimum atomic E-state index is -0.212. The number of carbonyl (C=O) groups excluding carboxylic acids is 1. The second-order valence-corrected chi connectivity index (χ2v) is 8.07. The molecule has 1 aliphatic carbocycles. The summed E-state index contributed by atoms with van der Waals surface area (Å²) in [6, 6.07) is 11.1. The van der Waals surface area contributed by atoms with Crippen LogP contribution >= 0.6 is 22.9 Å². The maximum atomic E-state index is 13.2. The summed E-state index contributed by atoms with van der Waals surface area (Å²) in [5.41, 5.74) is 2.26. The summed E-state index contributed by atoms with van der Waals surface area (Å²) >= 11 is 7.71. The van der Waals surface area contributed by atoms with Crippen molar-refractivity contribution in [3.05, 3.63) is 79.4 Å². The summed E-state index contributed by atoms with van der Waals surface area (Å²) in [6.07, 6.45) is 2.69. The van der Waals surface area contributed by atoms with Gasteiger partial charge in [-0.05, 0) is 41.6 Å². The third-order valence-corrected chi connectivity index (χ3v) is 6.29. The molecule has 0 amide bonds. The Morgan fingerprint density at radius 3 is 2.85 bits per heavy atom. The van der Waals surface area contributed by atoms with E-state index in [-0.39, 0.29) is 17.3 Å². The van der Waals surface area contributed by atoms with Crippen LogP contribution in [-0.4, -0.2) is 20.5 Å². The molecule has 1 aromatic carbocycles. The molecular formula is C20H14ClN3O2S. The number of thiophene rings is 1. The highest BCUT2D eigenvalue weighted by Crippen LogP contribution is 2.36. The van der Waals surface area contributed by atoms with Crippen molar-refractivity contribution in [2.75, 3.05) is 0 Å². The number of Topliss-reactive ketones (excluding diaryl/α,β-unsaturated/α-hetero) is 1. The van der Waals surface area contributed by atoms with Crippen LogP contribution in [0, 0.1) is 0 Å². The molecule has 134 valence electrons. The first-order chi connectivity index (χ1) is 13.1. The van der Waals surface area contributed by atoms with Gasteiger partial charge in [0.25, 0.3) is 5.56 Å². The number of pyridine rings is 1.